The predicted molar refractivity (Wildman–Crippen MR) is 117 cm³/mol. The van der Waals surface area contributed by atoms with Gasteiger partial charge in [0.15, 0.2) is 0 Å². The molecule has 156 valence electrons. The molecule has 29 heavy (non-hydrogen) atoms. The molecule has 7 nitrogen and oxygen atoms in total. The number of methoxy groups -OCH3 is 1. The summed E-state index contributed by atoms with van der Waals surface area (Å²) in [7, 11) is 5.57. The van der Waals surface area contributed by atoms with Gasteiger partial charge in [-0.05, 0) is 56.6 Å². The Morgan fingerprint density at radius 1 is 1.31 bits per heavy atom. The third kappa shape index (κ3) is 5.27. The largest absolute Gasteiger partial charge is 0.495 e. The van der Waals surface area contributed by atoms with Crippen LogP contribution in [0.3, 0.4) is 0 Å². The van der Waals surface area contributed by atoms with Crippen molar-refractivity contribution in [2.75, 3.05) is 44.5 Å². The van der Waals surface area contributed by atoms with Gasteiger partial charge in [0.05, 0.1) is 18.8 Å². The fourth-order valence-corrected chi connectivity index (χ4v) is 4.35. The fraction of sp³-hybridized carbons (Fsp3) is 0.429. The first kappa shape index (κ1) is 21.1. The van der Waals surface area contributed by atoms with Crippen LogP contribution in [0.1, 0.15) is 30.2 Å². The number of hydrogen-bond acceptors (Lipinski definition) is 5. The predicted octanol–water partition coefficient (Wildman–Crippen LogP) is 3.70. The van der Waals surface area contributed by atoms with E-state index in [1.54, 1.807) is 41.5 Å². The number of ether oxygens (including phenoxy) is 1. The number of carbonyl (C=O) groups is 2. The summed E-state index contributed by atoms with van der Waals surface area (Å²) >= 11 is 1.67. The molecule has 1 aliphatic heterocycles. The van der Waals surface area contributed by atoms with Crippen LogP contribution in [0.4, 0.5) is 16.2 Å². The SMILES string of the molecule is COc1ccc(NC(=O)NC[C@H](c2cccs2)N(C)C)cc1N1CCCCC1=O. The molecule has 2 aromatic rings. The van der Waals surface area contributed by atoms with Crippen LogP contribution < -0.4 is 20.3 Å². The van der Waals surface area contributed by atoms with Crippen molar-refractivity contribution >= 4 is 34.6 Å². The van der Waals surface area contributed by atoms with Gasteiger partial charge in [0.2, 0.25) is 5.91 Å². The Balaban J connectivity index is 1.67. The summed E-state index contributed by atoms with van der Waals surface area (Å²) in [6, 6.07) is 9.26. The molecule has 0 spiro atoms. The molecule has 0 unspecified atom stereocenters. The summed E-state index contributed by atoms with van der Waals surface area (Å²) in [4.78, 5) is 29.8. The Morgan fingerprint density at radius 3 is 2.79 bits per heavy atom. The Hall–Kier alpha value is -2.58. The number of piperidine rings is 1. The van der Waals surface area contributed by atoms with Gasteiger partial charge in [-0.15, -0.1) is 11.3 Å². The zero-order valence-electron chi connectivity index (χ0n) is 17.1. The van der Waals surface area contributed by atoms with Gasteiger partial charge in [-0.25, -0.2) is 4.79 Å². The monoisotopic (exact) mass is 416 g/mol. The van der Waals surface area contributed by atoms with Gasteiger partial charge in [-0.2, -0.15) is 0 Å². The lowest BCUT2D eigenvalue weighted by molar-refractivity contribution is -0.119. The number of rotatable bonds is 7. The Bertz CT molecular complexity index is 838. The van der Waals surface area contributed by atoms with Gasteiger partial charge in [-0.3, -0.25) is 4.79 Å². The highest BCUT2D eigenvalue weighted by molar-refractivity contribution is 7.10. The Kier molecular flexibility index (Phi) is 7.11. The molecular weight excluding hydrogens is 388 g/mol. The number of urea groups is 1. The lowest BCUT2D eigenvalue weighted by Gasteiger charge is -2.28. The molecule has 1 saturated heterocycles. The van der Waals surface area contributed by atoms with Crippen LogP contribution in [0, 0.1) is 0 Å². The molecule has 1 aromatic carbocycles. The van der Waals surface area contributed by atoms with Crippen LogP contribution in [-0.2, 0) is 4.79 Å². The minimum Gasteiger partial charge on any atom is -0.495 e. The number of carbonyl (C=O) groups excluding carboxylic acids is 2. The smallest absolute Gasteiger partial charge is 0.319 e. The van der Waals surface area contributed by atoms with Crippen LogP contribution >= 0.6 is 11.3 Å². The van der Waals surface area contributed by atoms with Crippen molar-refractivity contribution < 1.29 is 14.3 Å². The maximum Gasteiger partial charge on any atom is 0.319 e. The number of likely N-dealkylation sites (N-methyl/N-ethyl adjacent to an activating group) is 1. The van der Waals surface area contributed by atoms with Crippen molar-refractivity contribution in [3.05, 3.63) is 40.6 Å². The third-order valence-corrected chi connectivity index (χ3v) is 5.98. The van der Waals surface area contributed by atoms with E-state index in [-0.39, 0.29) is 18.0 Å². The normalized spacial score (nSPS) is 15.3. The van der Waals surface area contributed by atoms with Gasteiger partial charge < -0.3 is 25.2 Å². The summed E-state index contributed by atoms with van der Waals surface area (Å²) in [6.07, 6.45) is 2.41. The number of thiophene rings is 1. The van der Waals surface area contributed by atoms with E-state index in [1.165, 1.54) is 4.88 Å². The minimum atomic E-state index is -0.283. The lowest BCUT2D eigenvalue weighted by atomic mass is 10.1. The second kappa shape index (κ2) is 9.76. The Morgan fingerprint density at radius 2 is 2.14 bits per heavy atom. The molecule has 3 amide bonds. The number of nitrogens with one attached hydrogen (secondary N) is 2. The maximum atomic E-state index is 12.5. The first-order valence-corrected chi connectivity index (χ1v) is 10.6. The van der Waals surface area contributed by atoms with E-state index in [1.807, 2.05) is 25.5 Å². The van der Waals surface area contributed by atoms with Crippen LogP contribution in [0.25, 0.3) is 0 Å². The molecule has 1 atom stereocenters. The van der Waals surface area contributed by atoms with Crippen LogP contribution in [-0.4, -0.2) is 51.1 Å². The first-order valence-electron chi connectivity index (χ1n) is 9.72. The molecule has 1 fully saturated rings. The molecule has 0 radical (unpaired) electrons. The number of nitrogens with zero attached hydrogens (tertiary/aromatic N) is 2. The van der Waals surface area contributed by atoms with E-state index in [0.717, 1.165) is 12.8 Å². The van der Waals surface area contributed by atoms with E-state index in [2.05, 4.69) is 21.6 Å². The van der Waals surface area contributed by atoms with E-state index in [4.69, 9.17) is 4.74 Å². The number of anilines is 2. The minimum absolute atomic E-state index is 0.0842. The highest BCUT2D eigenvalue weighted by atomic mass is 32.1. The van der Waals surface area contributed by atoms with Crippen molar-refractivity contribution in [1.82, 2.24) is 10.2 Å². The molecule has 1 aromatic heterocycles. The molecule has 3 rings (SSSR count). The van der Waals surface area contributed by atoms with Crippen molar-refractivity contribution in [2.45, 2.75) is 25.3 Å². The number of amides is 3. The lowest BCUT2D eigenvalue weighted by Crippen LogP contribution is -2.37. The van der Waals surface area contributed by atoms with Gasteiger partial charge in [0, 0.05) is 30.1 Å². The van der Waals surface area contributed by atoms with E-state index in [0.29, 0.717) is 36.6 Å². The molecule has 2 N–H and O–H groups in total. The highest BCUT2D eigenvalue weighted by Gasteiger charge is 2.23. The van der Waals surface area contributed by atoms with Gasteiger partial charge >= 0.3 is 6.03 Å². The zero-order chi connectivity index (χ0) is 20.8. The fourth-order valence-electron chi connectivity index (χ4n) is 3.42. The highest BCUT2D eigenvalue weighted by Crippen LogP contribution is 2.33. The van der Waals surface area contributed by atoms with Crippen molar-refractivity contribution in [2.24, 2.45) is 0 Å². The molecule has 0 aliphatic carbocycles. The average molecular weight is 417 g/mol. The van der Waals surface area contributed by atoms with Crippen molar-refractivity contribution in [3.8, 4) is 5.75 Å². The Labute approximate surface area is 175 Å². The summed E-state index contributed by atoms with van der Waals surface area (Å²) < 4.78 is 5.43. The van der Waals surface area contributed by atoms with E-state index >= 15 is 0 Å². The second-order valence-electron chi connectivity index (χ2n) is 7.22. The summed E-state index contributed by atoms with van der Waals surface area (Å²) in [5.41, 5.74) is 1.31. The van der Waals surface area contributed by atoms with Crippen molar-refractivity contribution in [1.29, 1.82) is 0 Å². The van der Waals surface area contributed by atoms with Crippen molar-refractivity contribution in [3.63, 3.8) is 0 Å². The summed E-state index contributed by atoms with van der Waals surface area (Å²) in [5, 5.41) is 7.84. The van der Waals surface area contributed by atoms with Gasteiger partial charge in [0.25, 0.3) is 0 Å². The average Bonchev–Trinajstić information content (AvgIpc) is 3.22. The summed E-state index contributed by atoms with van der Waals surface area (Å²) in [5.74, 6) is 0.706. The molecule has 1 aliphatic rings. The standard InChI is InChI=1S/C21H28N4O3S/c1-24(2)17(19-7-6-12-29-19)14-22-21(27)23-15-9-10-18(28-3)16(13-15)25-11-5-4-8-20(25)26/h6-7,9-10,12-13,17H,4-5,8,11,14H2,1-3H3,(H2,22,23,27)/t17-/m1/s1. The number of benzene rings is 1. The first-order chi connectivity index (χ1) is 14.0. The van der Waals surface area contributed by atoms with Crippen LogP contribution in [0.15, 0.2) is 35.7 Å². The quantitative estimate of drug-likeness (QED) is 0.722. The summed E-state index contributed by atoms with van der Waals surface area (Å²) in [6.45, 7) is 1.16. The molecule has 0 bridgehead atoms. The van der Waals surface area contributed by atoms with Gasteiger partial charge in [-0.1, -0.05) is 6.07 Å². The molecule has 2 heterocycles. The van der Waals surface area contributed by atoms with Crippen LogP contribution in [0.2, 0.25) is 0 Å². The maximum absolute atomic E-state index is 12.5. The molecule has 0 saturated carbocycles. The third-order valence-electron chi connectivity index (χ3n) is 5.00. The van der Waals surface area contributed by atoms with Crippen LogP contribution in [0.5, 0.6) is 5.75 Å². The molecule has 8 heteroatoms. The topological polar surface area (TPSA) is 73.9 Å². The van der Waals surface area contributed by atoms with E-state index < -0.39 is 0 Å². The second-order valence-corrected chi connectivity index (χ2v) is 8.20. The zero-order valence-corrected chi connectivity index (χ0v) is 17.9. The molecular formula is C21H28N4O3S. The van der Waals surface area contributed by atoms with Gasteiger partial charge in [0.1, 0.15) is 5.75 Å². The number of hydrogen-bond donors (Lipinski definition) is 2. The van der Waals surface area contributed by atoms with E-state index in [9.17, 15) is 9.59 Å².